The molecule has 136 valence electrons. The molecule has 0 fully saturated rings. The normalized spacial score (nSPS) is 16.7. The van der Waals surface area contributed by atoms with Crippen LogP contribution in [0.15, 0.2) is 89.4 Å². The molecule has 3 aromatic rings. The summed E-state index contributed by atoms with van der Waals surface area (Å²) >= 11 is 1.48. The van der Waals surface area contributed by atoms with E-state index in [4.69, 9.17) is 0 Å². The standard InChI is InChI=1S/C21H18N2O2S2/c24-27(25,19-10-8-17(9-11-19)16-5-2-1-3-6-16)23-20-12-14-26-21(20)18-7-4-13-22-15-18/h1-8,10-15,17,23H,9H2. The third-order valence-corrected chi connectivity index (χ3v) is 6.81. The second-order valence-corrected chi connectivity index (χ2v) is 8.83. The van der Waals surface area contributed by atoms with E-state index in [1.807, 2.05) is 41.8 Å². The van der Waals surface area contributed by atoms with Crippen LogP contribution in [0.3, 0.4) is 0 Å². The van der Waals surface area contributed by atoms with Gasteiger partial charge in [0.05, 0.1) is 15.5 Å². The van der Waals surface area contributed by atoms with Crippen LogP contribution >= 0.6 is 11.3 Å². The van der Waals surface area contributed by atoms with Gasteiger partial charge in [0, 0.05) is 23.9 Å². The van der Waals surface area contributed by atoms with Gasteiger partial charge in [-0.15, -0.1) is 11.3 Å². The average Bonchev–Trinajstić information content (AvgIpc) is 3.17. The Morgan fingerprint density at radius 3 is 2.63 bits per heavy atom. The van der Waals surface area contributed by atoms with Gasteiger partial charge in [-0.05, 0) is 35.6 Å². The Bertz CT molecular complexity index is 1090. The number of benzene rings is 1. The molecule has 0 bridgehead atoms. The first-order valence-corrected chi connectivity index (χ1v) is 10.9. The Labute approximate surface area is 163 Å². The molecule has 1 unspecified atom stereocenters. The summed E-state index contributed by atoms with van der Waals surface area (Å²) in [4.78, 5) is 5.27. The van der Waals surface area contributed by atoms with Gasteiger partial charge in [-0.2, -0.15) is 0 Å². The minimum atomic E-state index is -3.63. The van der Waals surface area contributed by atoms with E-state index < -0.39 is 10.0 Å². The molecule has 2 heterocycles. The number of sulfonamides is 1. The Morgan fingerprint density at radius 2 is 1.93 bits per heavy atom. The molecule has 27 heavy (non-hydrogen) atoms. The predicted octanol–water partition coefficient (Wildman–Crippen LogP) is 5.18. The maximum absolute atomic E-state index is 12.8. The van der Waals surface area contributed by atoms with Gasteiger partial charge in [-0.25, -0.2) is 8.42 Å². The molecule has 6 heteroatoms. The summed E-state index contributed by atoms with van der Waals surface area (Å²) in [5.74, 6) is 0.206. The Morgan fingerprint density at radius 1 is 1.07 bits per heavy atom. The summed E-state index contributed by atoms with van der Waals surface area (Å²) < 4.78 is 28.4. The van der Waals surface area contributed by atoms with Crippen molar-refractivity contribution in [2.75, 3.05) is 4.72 Å². The van der Waals surface area contributed by atoms with Crippen LogP contribution in [0.1, 0.15) is 17.9 Å². The summed E-state index contributed by atoms with van der Waals surface area (Å²) in [6.45, 7) is 0. The third-order valence-electron chi connectivity index (χ3n) is 4.44. The van der Waals surface area contributed by atoms with Crippen LogP contribution in [0.5, 0.6) is 0 Å². The highest BCUT2D eigenvalue weighted by Crippen LogP contribution is 2.35. The zero-order chi connectivity index (χ0) is 18.7. The number of aromatic nitrogens is 1. The topological polar surface area (TPSA) is 59.1 Å². The van der Waals surface area contributed by atoms with E-state index >= 15 is 0 Å². The molecule has 0 saturated heterocycles. The fraction of sp³-hybridized carbons (Fsp3) is 0.0952. The molecule has 1 aliphatic carbocycles. The van der Waals surface area contributed by atoms with Crippen molar-refractivity contribution in [1.29, 1.82) is 0 Å². The molecule has 1 N–H and O–H groups in total. The second-order valence-electron chi connectivity index (χ2n) is 6.23. The number of anilines is 1. The van der Waals surface area contributed by atoms with Crippen LogP contribution < -0.4 is 4.72 Å². The Hall–Kier alpha value is -2.70. The van der Waals surface area contributed by atoms with Crippen molar-refractivity contribution in [1.82, 2.24) is 4.98 Å². The number of nitrogens with zero attached hydrogens (tertiary/aromatic N) is 1. The SMILES string of the molecule is O=S(=O)(Nc1ccsc1-c1cccnc1)C1=CCC(c2ccccc2)C=C1. The molecule has 1 aliphatic rings. The molecule has 0 spiro atoms. The molecule has 0 radical (unpaired) electrons. The van der Waals surface area contributed by atoms with Gasteiger partial charge in [-0.3, -0.25) is 9.71 Å². The molecule has 0 amide bonds. The predicted molar refractivity (Wildman–Crippen MR) is 111 cm³/mol. The van der Waals surface area contributed by atoms with Crippen LogP contribution in [0.4, 0.5) is 5.69 Å². The fourth-order valence-electron chi connectivity index (χ4n) is 3.06. The zero-order valence-electron chi connectivity index (χ0n) is 14.4. The monoisotopic (exact) mass is 394 g/mol. The van der Waals surface area contributed by atoms with Gasteiger partial charge >= 0.3 is 0 Å². The van der Waals surface area contributed by atoms with Crippen LogP contribution in [-0.2, 0) is 10.0 Å². The lowest BCUT2D eigenvalue weighted by atomic mass is 9.93. The zero-order valence-corrected chi connectivity index (χ0v) is 16.1. The molecule has 2 aromatic heterocycles. The lowest BCUT2D eigenvalue weighted by molar-refractivity contribution is 0.607. The van der Waals surface area contributed by atoms with Crippen LogP contribution in [0.2, 0.25) is 0 Å². The molecule has 4 rings (SSSR count). The van der Waals surface area contributed by atoms with Crippen molar-refractivity contribution in [3.63, 3.8) is 0 Å². The number of allylic oxidation sites excluding steroid dienone is 3. The van der Waals surface area contributed by atoms with E-state index in [2.05, 4.69) is 21.8 Å². The highest BCUT2D eigenvalue weighted by Gasteiger charge is 2.21. The number of hydrogen-bond acceptors (Lipinski definition) is 4. The highest BCUT2D eigenvalue weighted by atomic mass is 32.2. The van der Waals surface area contributed by atoms with E-state index in [1.165, 1.54) is 16.9 Å². The highest BCUT2D eigenvalue weighted by molar-refractivity contribution is 7.96. The summed E-state index contributed by atoms with van der Waals surface area (Å²) in [5, 5.41) is 1.87. The third kappa shape index (κ3) is 3.86. The lowest BCUT2D eigenvalue weighted by Gasteiger charge is -2.17. The first-order chi connectivity index (χ1) is 13.1. The van der Waals surface area contributed by atoms with Gasteiger partial charge in [0.15, 0.2) is 0 Å². The van der Waals surface area contributed by atoms with E-state index in [0.29, 0.717) is 17.0 Å². The minimum Gasteiger partial charge on any atom is -0.278 e. The molecule has 1 aromatic carbocycles. The number of rotatable bonds is 5. The van der Waals surface area contributed by atoms with Crippen molar-refractivity contribution in [2.24, 2.45) is 0 Å². The molecule has 0 saturated carbocycles. The smallest absolute Gasteiger partial charge is 0.261 e. The van der Waals surface area contributed by atoms with Crippen LogP contribution in [0.25, 0.3) is 10.4 Å². The van der Waals surface area contributed by atoms with Crippen LogP contribution in [-0.4, -0.2) is 13.4 Å². The van der Waals surface area contributed by atoms with E-state index in [9.17, 15) is 8.42 Å². The second kappa shape index (κ2) is 7.50. The van der Waals surface area contributed by atoms with Crippen molar-refractivity contribution >= 4 is 27.0 Å². The molecule has 0 aliphatic heterocycles. The maximum atomic E-state index is 12.8. The Kier molecular flexibility index (Phi) is 4.92. The van der Waals surface area contributed by atoms with Gasteiger partial charge < -0.3 is 0 Å². The number of pyridine rings is 1. The summed E-state index contributed by atoms with van der Waals surface area (Å²) in [6.07, 6.45) is 9.53. The van der Waals surface area contributed by atoms with E-state index in [0.717, 1.165) is 10.4 Å². The average molecular weight is 395 g/mol. The fourth-order valence-corrected chi connectivity index (χ4v) is 5.12. The van der Waals surface area contributed by atoms with E-state index in [-0.39, 0.29) is 5.92 Å². The van der Waals surface area contributed by atoms with Crippen molar-refractivity contribution < 1.29 is 8.42 Å². The summed E-state index contributed by atoms with van der Waals surface area (Å²) in [5.41, 5.74) is 2.65. The quantitative estimate of drug-likeness (QED) is 0.649. The number of thiophene rings is 1. The molecule has 1 atom stereocenters. The first kappa shape index (κ1) is 17.7. The maximum Gasteiger partial charge on any atom is 0.261 e. The first-order valence-electron chi connectivity index (χ1n) is 8.57. The van der Waals surface area contributed by atoms with Gasteiger partial charge in [-0.1, -0.05) is 48.6 Å². The Balaban J connectivity index is 1.54. The van der Waals surface area contributed by atoms with Crippen molar-refractivity contribution in [2.45, 2.75) is 12.3 Å². The van der Waals surface area contributed by atoms with Gasteiger partial charge in [0.2, 0.25) is 0 Å². The van der Waals surface area contributed by atoms with Gasteiger partial charge in [0.1, 0.15) is 0 Å². The lowest BCUT2D eigenvalue weighted by Crippen LogP contribution is -2.16. The summed E-state index contributed by atoms with van der Waals surface area (Å²) in [7, 11) is -3.63. The molecule has 4 nitrogen and oxygen atoms in total. The van der Waals surface area contributed by atoms with E-state index in [1.54, 1.807) is 30.6 Å². The summed E-state index contributed by atoms with van der Waals surface area (Å²) in [6, 6.07) is 15.6. The minimum absolute atomic E-state index is 0.206. The largest absolute Gasteiger partial charge is 0.278 e. The number of hydrogen-bond donors (Lipinski definition) is 1. The number of nitrogens with one attached hydrogen (secondary N) is 1. The molecular weight excluding hydrogens is 376 g/mol. The van der Waals surface area contributed by atoms with Crippen molar-refractivity contribution in [3.8, 4) is 10.4 Å². The molecular formula is C21H18N2O2S2. The van der Waals surface area contributed by atoms with Crippen LogP contribution in [0, 0.1) is 0 Å². The van der Waals surface area contributed by atoms with Gasteiger partial charge in [0.25, 0.3) is 10.0 Å². The van der Waals surface area contributed by atoms with Crippen molar-refractivity contribution in [3.05, 3.63) is 95.0 Å².